The Balaban J connectivity index is 2.06. The minimum Gasteiger partial charge on any atom is -0.385 e. The lowest BCUT2D eigenvalue weighted by Crippen LogP contribution is -2.10. The molecule has 0 saturated carbocycles. The van der Waals surface area contributed by atoms with Gasteiger partial charge >= 0.3 is 6.18 Å². The Labute approximate surface area is 154 Å². The quantitative estimate of drug-likeness (QED) is 0.297. The summed E-state index contributed by atoms with van der Waals surface area (Å²) in [6.07, 6.45) is -2.66. The van der Waals surface area contributed by atoms with Gasteiger partial charge in [-0.15, -0.1) is 0 Å². The van der Waals surface area contributed by atoms with E-state index in [1.807, 2.05) is 18.4 Å². The van der Waals surface area contributed by atoms with Crippen molar-refractivity contribution in [1.29, 1.82) is 0 Å². The number of aryl methyl sites for hydroxylation is 1. The van der Waals surface area contributed by atoms with Crippen molar-refractivity contribution in [2.75, 3.05) is 19.5 Å². The molecule has 0 spiro atoms. The Bertz CT molecular complexity index is 775. The first-order valence-corrected chi connectivity index (χ1v) is 8.94. The molecule has 0 N–H and O–H groups in total. The second-order valence-electron chi connectivity index (χ2n) is 5.72. The molecule has 9 heteroatoms. The number of halogens is 3. The third-order valence-electron chi connectivity index (χ3n) is 3.86. The van der Waals surface area contributed by atoms with E-state index in [-0.39, 0.29) is 16.7 Å². The molecule has 0 fully saturated rings. The number of nitrogens with zero attached hydrogens (tertiary/aromatic N) is 3. The van der Waals surface area contributed by atoms with E-state index in [4.69, 9.17) is 4.74 Å². The molecule has 2 aromatic heterocycles. The van der Waals surface area contributed by atoms with Gasteiger partial charge in [-0.25, -0.2) is 9.97 Å². The number of Topliss-reactive ketones (excluding diaryl/α,β-unsaturated/α-hetero) is 1. The summed E-state index contributed by atoms with van der Waals surface area (Å²) < 4.78 is 45.1. The fourth-order valence-electron chi connectivity index (χ4n) is 2.57. The zero-order valence-electron chi connectivity index (χ0n) is 14.8. The predicted molar refractivity (Wildman–Crippen MR) is 92.5 cm³/mol. The van der Waals surface area contributed by atoms with Crippen LogP contribution in [0.5, 0.6) is 0 Å². The second kappa shape index (κ2) is 8.68. The van der Waals surface area contributed by atoms with Crippen molar-refractivity contribution < 1.29 is 22.7 Å². The van der Waals surface area contributed by atoms with Crippen LogP contribution in [0.2, 0.25) is 0 Å². The van der Waals surface area contributed by atoms with Crippen LogP contribution >= 0.6 is 11.8 Å². The molecule has 2 rings (SSSR count). The van der Waals surface area contributed by atoms with Crippen molar-refractivity contribution >= 4 is 17.5 Å². The zero-order chi connectivity index (χ0) is 19.3. The van der Waals surface area contributed by atoms with Crippen LogP contribution in [0.3, 0.4) is 0 Å². The van der Waals surface area contributed by atoms with Gasteiger partial charge in [0.25, 0.3) is 0 Å². The van der Waals surface area contributed by atoms with Crippen molar-refractivity contribution in [3.8, 4) is 0 Å². The Morgan fingerprint density at radius 3 is 2.73 bits per heavy atom. The Hall–Kier alpha value is -1.87. The highest BCUT2D eigenvalue weighted by Gasteiger charge is 2.32. The maximum absolute atomic E-state index is 12.7. The SMILES string of the molecule is COCCCn1c(C)cc(C(=O)CSc2nccc(C(F)(F)F)n2)c1C. The van der Waals surface area contributed by atoms with Crippen LogP contribution in [0.25, 0.3) is 0 Å². The summed E-state index contributed by atoms with van der Waals surface area (Å²) in [5, 5.41) is -0.0675. The van der Waals surface area contributed by atoms with Crippen LogP contribution in [0.1, 0.15) is 33.9 Å². The fraction of sp³-hybridized carbons (Fsp3) is 0.471. The summed E-state index contributed by atoms with van der Waals surface area (Å²) in [7, 11) is 1.64. The fourth-order valence-corrected chi connectivity index (χ4v) is 3.28. The minimum atomic E-state index is -4.53. The Morgan fingerprint density at radius 2 is 2.08 bits per heavy atom. The maximum Gasteiger partial charge on any atom is 0.433 e. The average molecular weight is 387 g/mol. The number of rotatable bonds is 8. The van der Waals surface area contributed by atoms with Crippen molar-refractivity contribution in [2.45, 2.75) is 38.1 Å². The first-order valence-electron chi connectivity index (χ1n) is 7.96. The van der Waals surface area contributed by atoms with E-state index in [2.05, 4.69) is 9.97 Å². The topological polar surface area (TPSA) is 57.0 Å². The second-order valence-corrected chi connectivity index (χ2v) is 6.66. The lowest BCUT2D eigenvalue weighted by atomic mass is 10.2. The van der Waals surface area contributed by atoms with Gasteiger partial charge in [0.1, 0.15) is 5.69 Å². The molecule has 0 saturated heterocycles. The van der Waals surface area contributed by atoms with Crippen molar-refractivity contribution in [2.24, 2.45) is 0 Å². The molecule has 0 atom stereocenters. The number of hydrogen-bond acceptors (Lipinski definition) is 5. The molecule has 0 unspecified atom stereocenters. The van der Waals surface area contributed by atoms with Gasteiger partial charge in [-0.05, 0) is 32.4 Å². The van der Waals surface area contributed by atoms with Gasteiger partial charge in [-0.1, -0.05) is 11.8 Å². The number of hydrogen-bond donors (Lipinski definition) is 0. The molecule has 26 heavy (non-hydrogen) atoms. The summed E-state index contributed by atoms with van der Waals surface area (Å²) >= 11 is 0.898. The van der Waals surface area contributed by atoms with Crippen LogP contribution < -0.4 is 0 Å². The highest BCUT2D eigenvalue weighted by atomic mass is 32.2. The van der Waals surface area contributed by atoms with Gasteiger partial charge in [-0.2, -0.15) is 13.2 Å². The third-order valence-corrected chi connectivity index (χ3v) is 4.72. The molecular formula is C17H20F3N3O2S. The molecule has 142 valence electrons. The number of ketones is 1. The number of aromatic nitrogens is 3. The number of carbonyl (C=O) groups is 1. The zero-order valence-corrected chi connectivity index (χ0v) is 15.6. The lowest BCUT2D eigenvalue weighted by molar-refractivity contribution is -0.141. The van der Waals surface area contributed by atoms with Crippen molar-refractivity contribution in [1.82, 2.24) is 14.5 Å². The third kappa shape index (κ3) is 5.07. The summed E-state index contributed by atoms with van der Waals surface area (Å²) in [5.74, 6) is -0.189. The van der Waals surface area contributed by atoms with Gasteiger partial charge in [-0.3, -0.25) is 4.79 Å². The van der Waals surface area contributed by atoms with Gasteiger partial charge < -0.3 is 9.30 Å². The average Bonchev–Trinajstić information content (AvgIpc) is 2.87. The first-order chi connectivity index (χ1) is 12.2. The molecule has 0 aliphatic heterocycles. The van der Waals surface area contributed by atoms with Crippen LogP contribution in [-0.2, 0) is 17.5 Å². The van der Waals surface area contributed by atoms with Crippen molar-refractivity contribution in [3.63, 3.8) is 0 Å². The standard InChI is InChI=1S/C17H20F3N3O2S/c1-11-9-13(12(2)23(11)7-4-8-25-3)14(24)10-26-16-21-6-5-15(22-16)17(18,19)20/h5-6,9H,4,7-8,10H2,1-3H3. The smallest absolute Gasteiger partial charge is 0.385 e. The highest BCUT2D eigenvalue weighted by Crippen LogP contribution is 2.28. The van der Waals surface area contributed by atoms with E-state index in [1.54, 1.807) is 13.2 Å². The number of methoxy groups -OCH3 is 1. The molecule has 0 amide bonds. The van der Waals surface area contributed by atoms with Crippen LogP contribution in [-0.4, -0.2) is 39.8 Å². The molecule has 0 aliphatic carbocycles. The van der Waals surface area contributed by atoms with Crippen LogP contribution in [0.15, 0.2) is 23.5 Å². The maximum atomic E-state index is 12.7. The predicted octanol–water partition coefficient (Wildman–Crippen LogP) is 3.93. The van der Waals surface area contributed by atoms with Gasteiger partial charge in [0.2, 0.25) is 0 Å². The monoisotopic (exact) mass is 387 g/mol. The highest BCUT2D eigenvalue weighted by molar-refractivity contribution is 7.99. The molecule has 0 aliphatic rings. The van der Waals surface area contributed by atoms with E-state index in [0.29, 0.717) is 12.2 Å². The first kappa shape index (κ1) is 20.4. The van der Waals surface area contributed by atoms with E-state index in [0.717, 1.165) is 48.4 Å². The van der Waals surface area contributed by atoms with Gasteiger partial charge in [0.05, 0.1) is 5.75 Å². The number of thioether (sulfide) groups is 1. The lowest BCUT2D eigenvalue weighted by Gasteiger charge is -2.09. The molecule has 2 heterocycles. The summed E-state index contributed by atoms with van der Waals surface area (Å²) in [4.78, 5) is 19.7. The Morgan fingerprint density at radius 1 is 1.35 bits per heavy atom. The number of ether oxygens (including phenoxy) is 1. The van der Waals surface area contributed by atoms with E-state index >= 15 is 0 Å². The molecule has 5 nitrogen and oxygen atoms in total. The minimum absolute atomic E-state index is 0.0241. The molecule has 0 bridgehead atoms. The van der Waals surface area contributed by atoms with Gasteiger partial charge in [0, 0.05) is 43.4 Å². The summed E-state index contributed by atoms with van der Waals surface area (Å²) in [5.41, 5.74) is 1.36. The molecule has 0 aromatic carbocycles. The number of alkyl halides is 3. The van der Waals surface area contributed by atoms with Crippen LogP contribution in [0.4, 0.5) is 13.2 Å². The molecule has 0 radical (unpaired) electrons. The Kier molecular flexibility index (Phi) is 6.82. The summed E-state index contributed by atoms with van der Waals surface area (Å²) in [6.45, 7) is 5.14. The van der Waals surface area contributed by atoms with E-state index in [1.165, 1.54) is 0 Å². The largest absolute Gasteiger partial charge is 0.433 e. The summed E-state index contributed by atoms with van der Waals surface area (Å²) in [6, 6.07) is 2.61. The number of carbonyl (C=O) groups excluding carboxylic acids is 1. The molecular weight excluding hydrogens is 367 g/mol. The van der Waals surface area contributed by atoms with E-state index < -0.39 is 11.9 Å². The van der Waals surface area contributed by atoms with Crippen LogP contribution in [0, 0.1) is 13.8 Å². The van der Waals surface area contributed by atoms with E-state index in [9.17, 15) is 18.0 Å². The normalized spacial score (nSPS) is 11.8. The van der Waals surface area contributed by atoms with Crippen molar-refractivity contribution in [3.05, 3.63) is 41.0 Å². The molecule has 2 aromatic rings. The van der Waals surface area contributed by atoms with Gasteiger partial charge in [0.15, 0.2) is 10.9 Å².